The van der Waals surface area contributed by atoms with Crippen molar-refractivity contribution < 1.29 is 0 Å². The highest BCUT2D eigenvalue weighted by Gasteiger charge is 2.09. The molecule has 2 rings (SSSR count). The van der Waals surface area contributed by atoms with E-state index in [1.54, 1.807) is 4.68 Å². The van der Waals surface area contributed by atoms with E-state index in [9.17, 15) is 0 Å². The van der Waals surface area contributed by atoms with E-state index in [-0.39, 0.29) is 0 Å². The predicted molar refractivity (Wildman–Crippen MR) is 77.8 cm³/mol. The average Bonchev–Trinajstić information content (AvgIpc) is 2.86. The lowest BCUT2D eigenvalue weighted by Gasteiger charge is -2.07. The van der Waals surface area contributed by atoms with E-state index in [1.165, 1.54) is 0 Å². The van der Waals surface area contributed by atoms with Crippen molar-refractivity contribution in [2.75, 3.05) is 6.54 Å². The summed E-state index contributed by atoms with van der Waals surface area (Å²) in [6.45, 7) is 8.00. The minimum atomic E-state index is 0.396. The summed E-state index contributed by atoms with van der Waals surface area (Å²) in [5.74, 6) is 1.07. The predicted octanol–water partition coefficient (Wildman–Crippen LogP) is 3.15. The van der Waals surface area contributed by atoms with Crippen LogP contribution in [0.2, 0.25) is 5.02 Å². The third kappa shape index (κ3) is 3.33. The molecule has 0 aliphatic rings. The highest BCUT2D eigenvalue weighted by Crippen LogP contribution is 2.20. The van der Waals surface area contributed by atoms with Gasteiger partial charge in [0.25, 0.3) is 0 Å². The van der Waals surface area contributed by atoms with Crippen LogP contribution in [0.1, 0.15) is 37.9 Å². The first-order valence-corrected chi connectivity index (χ1v) is 6.90. The summed E-state index contributed by atoms with van der Waals surface area (Å²) in [7, 11) is 0. The number of hydrogen-bond donors (Lipinski definition) is 1. The van der Waals surface area contributed by atoms with Gasteiger partial charge in [-0.2, -0.15) is 5.10 Å². The molecule has 0 atom stereocenters. The molecule has 0 saturated heterocycles. The van der Waals surface area contributed by atoms with Crippen molar-refractivity contribution in [3.8, 4) is 5.82 Å². The standard InChI is InChI=1S/C14H19ClN4/c1-4-16-8-11-7-12(15)14(17-9-11)19-6-5-13(18-19)10(2)3/h5-7,9-10,16H,4,8H2,1-3H3. The number of nitrogens with one attached hydrogen (secondary N) is 1. The Morgan fingerprint density at radius 3 is 2.79 bits per heavy atom. The SMILES string of the molecule is CCNCc1cnc(-n2ccc(C(C)C)n2)c(Cl)c1. The van der Waals surface area contributed by atoms with Gasteiger partial charge in [0, 0.05) is 18.9 Å². The Hall–Kier alpha value is -1.39. The Balaban J connectivity index is 2.24. The normalized spacial score (nSPS) is 11.2. The van der Waals surface area contributed by atoms with Gasteiger partial charge in [0.05, 0.1) is 10.7 Å². The fraction of sp³-hybridized carbons (Fsp3) is 0.429. The first kappa shape index (κ1) is 14.0. The van der Waals surface area contributed by atoms with Gasteiger partial charge < -0.3 is 5.32 Å². The molecule has 2 aromatic rings. The molecule has 0 amide bonds. The number of halogens is 1. The second kappa shape index (κ2) is 6.17. The number of hydrogen-bond acceptors (Lipinski definition) is 3. The van der Waals surface area contributed by atoms with E-state index in [1.807, 2.05) is 24.5 Å². The van der Waals surface area contributed by atoms with Gasteiger partial charge in [-0.1, -0.05) is 32.4 Å². The molecule has 19 heavy (non-hydrogen) atoms. The van der Waals surface area contributed by atoms with Gasteiger partial charge in [-0.25, -0.2) is 9.67 Å². The molecular weight excluding hydrogens is 260 g/mol. The van der Waals surface area contributed by atoms with Crippen LogP contribution in [0.15, 0.2) is 24.5 Å². The fourth-order valence-corrected chi connectivity index (χ4v) is 2.04. The summed E-state index contributed by atoms with van der Waals surface area (Å²) in [6, 6.07) is 3.93. The minimum absolute atomic E-state index is 0.396. The Labute approximate surface area is 118 Å². The molecule has 102 valence electrons. The van der Waals surface area contributed by atoms with Crippen LogP contribution in [0, 0.1) is 0 Å². The topological polar surface area (TPSA) is 42.7 Å². The van der Waals surface area contributed by atoms with Crippen LogP contribution >= 0.6 is 11.6 Å². The molecule has 0 unspecified atom stereocenters. The third-order valence-electron chi connectivity index (χ3n) is 2.88. The van der Waals surface area contributed by atoms with Crippen LogP contribution in [0.5, 0.6) is 0 Å². The van der Waals surface area contributed by atoms with E-state index in [0.717, 1.165) is 24.3 Å². The van der Waals surface area contributed by atoms with E-state index >= 15 is 0 Å². The van der Waals surface area contributed by atoms with Crippen molar-refractivity contribution in [2.24, 2.45) is 0 Å². The molecule has 0 aliphatic carbocycles. The summed E-state index contributed by atoms with van der Waals surface area (Å²) in [4.78, 5) is 4.40. The number of nitrogens with zero attached hydrogens (tertiary/aromatic N) is 3. The van der Waals surface area contributed by atoms with Crippen LogP contribution in [0.3, 0.4) is 0 Å². The lowest BCUT2D eigenvalue weighted by Crippen LogP contribution is -2.12. The molecule has 2 heterocycles. The molecule has 0 fully saturated rings. The van der Waals surface area contributed by atoms with Crippen molar-refractivity contribution in [3.63, 3.8) is 0 Å². The van der Waals surface area contributed by atoms with Crippen molar-refractivity contribution in [2.45, 2.75) is 33.2 Å². The molecule has 1 N–H and O–H groups in total. The lowest BCUT2D eigenvalue weighted by molar-refractivity contribution is 0.720. The smallest absolute Gasteiger partial charge is 0.172 e. The summed E-state index contributed by atoms with van der Waals surface area (Å²) in [6.07, 6.45) is 3.73. The Morgan fingerprint density at radius 2 is 2.21 bits per heavy atom. The van der Waals surface area contributed by atoms with Gasteiger partial charge >= 0.3 is 0 Å². The van der Waals surface area contributed by atoms with Crippen LogP contribution < -0.4 is 5.32 Å². The maximum absolute atomic E-state index is 6.28. The Bertz CT molecular complexity index is 548. The van der Waals surface area contributed by atoms with Crippen molar-refractivity contribution in [3.05, 3.63) is 40.8 Å². The summed E-state index contributed by atoms with van der Waals surface area (Å²) < 4.78 is 1.73. The number of aromatic nitrogens is 3. The fourth-order valence-electron chi connectivity index (χ4n) is 1.77. The minimum Gasteiger partial charge on any atom is -0.313 e. The summed E-state index contributed by atoms with van der Waals surface area (Å²) in [5, 5.41) is 8.35. The maximum atomic E-state index is 6.28. The number of pyridine rings is 1. The zero-order valence-corrected chi connectivity index (χ0v) is 12.3. The molecule has 4 nitrogen and oxygen atoms in total. The quantitative estimate of drug-likeness (QED) is 0.914. The van der Waals surface area contributed by atoms with Gasteiger partial charge in [-0.3, -0.25) is 0 Å². The van der Waals surface area contributed by atoms with Crippen LogP contribution in [0.4, 0.5) is 0 Å². The first-order chi connectivity index (χ1) is 9.11. The molecule has 0 aliphatic heterocycles. The molecule has 2 aromatic heterocycles. The zero-order valence-electron chi connectivity index (χ0n) is 11.5. The monoisotopic (exact) mass is 278 g/mol. The van der Waals surface area contributed by atoms with E-state index in [4.69, 9.17) is 11.6 Å². The van der Waals surface area contributed by atoms with E-state index in [2.05, 4.69) is 36.2 Å². The molecular formula is C14H19ClN4. The van der Waals surface area contributed by atoms with Gasteiger partial charge in [0.15, 0.2) is 5.82 Å². The highest BCUT2D eigenvalue weighted by molar-refractivity contribution is 6.32. The molecule has 5 heteroatoms. The van der Waals surface area contributed by atoms with Crippen LogP contribution in [-0.4, -0.2) is 21.3 Å². The highest BCUT2D eigenvalue weighted by atomic mass is 35.5. The zero-order chi connectivity index (χ0) is 13.8. The van der Waals surface area contributed by atoms with E-state index in [0.29, 0.717) is 16.8 Å². The van der Waals surface area contributed by atoms with Crippen molar-refractivity contribution in [1.29, 1.82) is 0 Å². The average molecular weight is 279 g/mol. The van der Waals surface area contributed by atoms with Crippen molar-refractivity contribution in [1.82, 2.24) is 20.1 Å². The van der Waals surface area contributed by atoms with Gasteiger partial charge in [0.1, 0.15) is 0 Å². The lowest BCUT2D eigenvalue weighted by atomic mass is 10.1. The van der Waals surface area contributed by atoms with Crippen molar-refractivity contribution >= 4 is 11.6 Å². The number of rotatable bonds is 5. The summed E-state index contributed by atoms with van der Waals surface area (Å²) >= 11 is 6.28. The molecule has 0 saturated carbocycles. The van der Waals surface area contributed by atoms with Gasteiger partial charge in [0.2, 0.25) is 0 Å². The maximum Gasteiger partial charge on any atom is 0.172 e. The second-order valence-corrected chi connectivity index (χ2v) is 5.18. The Kier molecular flexibility index (Phi) is 4.56. The largest absolute Gasteiger partial charge is 0.313 e. The molecule has 0 aromatic carbocycles. The van der Waals surface area contributed by atoms with Gasteiger partial charge in [-0.15, -0.1) is 0 Å². The van der Waals surface area contributed by atoms with Crippen LogP contribution in [-0.2, 0) is 6.54 Å². The molecule has 0 bridgehead atoms. The Morgan fingerprint density at radius 1 is 1.42 bits per heavy atom. The van der Waals surface area contributed by atoms with E-state index < -0.39 is 0 Å². The first-order valence-electron chi connectivity index (χ1n) is 6.53. The van der Waals surface area contributed by atoms with Crippen LogP contribution in [0.25, 0.3) is 5.82 Å². The second-order valence-electron chi connectivity index (χ2n) is 4.77. The summed E-state index contributed by atoms with van der Waals surface area (Å²) in [5.41, 5.74) is 2.11. The molecule has 0 spiro atoms. The van der Waals surface area contributed by atoms with Gasteiger partial charge in [-0.05, 0) is 30.2 Å². The molecule has 0 radical (unpaired) electrons. The third-order valence-corrected chi connectivity index (χ3v) is 3.15.